The molecule has 0 heterocycles. The maximum atomic E-state index is 7.09. The minimum Gasteiger partial charge on any atom is -0.258 e. The van der Waals surface area contributed by atoms with Gasteiger partial charge in [-0.25, -0.2) is 0 Å². The molecule has 0 aromatic rings. The Bertz CT molecular complexity index is 114. The van der Waals surface area contributed by atoms with Gasteiger partial charge in [0, 0.05) is 6.54 Å². The summed E-state index contributed by atoms with van der Waals surface area (Å²) < 4.78 is 0. The molecule has 0 bridgehead atoms. The van der Waals surface area contributed by atoms with Crippen LogP contribution in [0, 0.1) is 5.92 Å². The molecule has 0 aromatic heterocycles. The molecule has 0 spiro atoms. The van der Waals surface area contributed by atoms with E-state index in [9.17, 15) is 0 Å². The zero-order valence-corrected chi connectivity index (χ0v) is 9.56. The van der Waals surface area contributed by atoms with Crippen LogP contribution < -0.4 is 5.73 Å². The SMILES string of the molecule is [NH]CCCCCC1CCCCCCC1. The van der Waals surface area contributed by atoms with E-state index in [-0.39, 0.29) is 0 Å². The standard InChI is InChI=1S/C13H26N/c14-12-8-4-7-11-13-9-5-2-1-3-6-10-13/h13-14H,1-12H2. The molecule has 0 aliphatic heterocycles. The molecular weight excluding hydrogens is 170 g/mol. The van der Waals surface area contributed by atoms with Crippen molar-refractivity contribution in [3.05, 3.63) is 0 Å². The van der Waals surface area contributed by atoms with Gasteiger partial charge in [0.25, 0.3) is 0 Å². The van der Waals surface area contributed by atoms with E-state index in [2.05, 4.69) is 0 Å². The van der Waals surface area contributed by atoms with Gasteiger partial charge < -0.3 is 0 Å². The van der Waals surface area contributed by atoms with Gasteiger partial charge in [-0.1, -0.05) is 64.2 Å². The lowest BCUT2D eigenvalue weighted by Gasteiger charge is -2.19. The van der Waals surface area contributed by atoms with Crippen molar-refractivity contribution in [2.45, 2.75) is 70.6 Å². The van der Waals surface area contributed by atoms with Crippen molar-refractivity contribution >= 4 is 0 Å². The van der Waals surface area contributed by atoms with Crippen molar-refractivity contribution in [2.24, 2.45) is 5.92 Å². The molecule has 1 aliphatic rings. The van der Waals surface area contributed by atoms with E-state index < -0.39 is 0 Å². The highest BCUT2D eigenvalue weighted by atomic mass is 14.5. The number of hydrogen-bond donors (Lipinski definition) is 0. The van der Waals surface area contributed by atoms with Crippen molar-refractivity contribution in [1.82, 2.24) is 5.73 Å². The average molecular weight is 196 g/mol. The first kappa shape index (κ1) is 12.0. The van der Waals surface area contributed by atoms with Gasteiger partial charge in [-0.05, 0) is 12.3 Å². The number of hydrogen-bond acceptors (Lipinski definition) is 0. The summed E-state index contributed by atoms with van der Waals surface area (Å²) in [6, 6.07) is 0. The van der Waals surface area contributed by atoms with Crippen LogP contribution in [-0.4, -0.2) is 6.54 Å². The third-order valence-electron chi connectivity index (χ3n) is 3.51. The molecule has 1 fully saturated rings. The molecule has 1 nitrogen and oxygen atoms in total. The first-order chi connectivity index (χ1) is 6.93. The van der Waals surface area contributed by atoms with Gasteiger partial charge in [0.2, 0.25) is 0 Å². The van der Waals surface area contributed by atoms with Crippen LogP contribution in [0.3, 0.4) is 0 Å². The molecule has 1 heteroatoms. The van der Waals surface area contributed by atoms with Crippen LogP contribution in [0.2, 0.25) is 0 Å². The smallest absolute Gasteiger partial charge is 0.00997 e. The van der Waals surface area contributed by atoms with Gasteiger partial charge in [-0.2, -0.15) is 0 Å². The number of unbranched alkanes of at least 4 members (excludes halogenated alkanes) is 2. The highest BCUT2D eigenvalue weighted by Crippen LogP contribution is 2.26. The van der Waals surface area contributed by atoms with E-state index in [1.165, 1.54) is 64.2 Å². The lowest BCUT2D eigenvalue weighted by atomic mass is 9.87. The molecule has 0 unspecified atom stereocenters. The maximum absolute atomic E-state index is 7.09. The largest absolute Gasteiger partial charge is 0.258 e. The van der Waals surface area contributed by atoms with E-state index in [1.54, 1.807) is 0 Å². The van der Waals surface area contributed by atoms with Crippen LogP contribution in [-0.2, 0) is 0 Å². The van der Waals surface area contributed by atoms with E-state index in [0.717, 1.165) is 12.3 Å². The Morgan fingerprint density at radius 2 is 1.43 bits per heavy atom. The third-order valence-corrected chi connectivity index (χ3v) is 3.51. The number of nitrogens with one attached hydrogen (secondary N) is 1. The Morgan fingerprint density at radius 1 is 0.786 bits per heavy atom. The minimum absolute atomic E-state index is 0.630. The summed E-state index contributed by atoms with van der Waals surface area (Å²) >= 11 is 0. The summed E-state index contributed by atoms with van der Waals surface area (Å²) in [4.78, 5) is 0. The second-order valence-electron chi connectivity index (χ2n) is 4.81. The molecule has 0 amide bonds. The van der Waals surface area contributed by atoms with Gasteiger partial charge in [-0.3, -0.25) is 5.73 Å². The Hall–Kier alpha value is -0.0400. The second-order valence-corrected chi connectivity index (χ2v) is 4.81. The minimum atomic E-state index is 0.630. The molecule has 1 saturated carbocycles. The van der Waals surface area contributed by atoms with Crippen LogP contribution >= 0.6 is 0 Å². The predicted octanol–water partition coefficient (Wildman–Crippen LogP) is 4.19. The summed E-state index contributed by atoms with van der Waals surface area (Å²) in [6.45, 7) is 0.630. The van der Waals surface area contributed by atoms with Crippen LogP contribution in [0.25, 0.3) is 0 Å². The summed E-state index contributed by atoms with van der Waals surface area (Å²) in [5, 5.41) is 0. The van der Waals surface area contributed by atoms with Crippen LogP contribution in [0.4, 0.5) is 0 Å². The summed E-state index contributed by atoms with van der Waals surface area (Å²) in [5.74, 6) is 1.03. The molecule has 0 aromatic carbocycles. The third kappa shape index (κ3) is 5.64. The Labute approximate surface area is 89.5 Å². The summed E-state index contributed by atoms with van der Waals surface area (Å²) in [6.07, 6.45) is 15.6. The van der Waals surface area contributed by atoms with Crippen molar-refractivity contribution < 1.29 is 0 Å². The molecule has 0 atom stereocenters. The van der Waals surface area contributed by atoms with Gasteiger partial charge >= 0.3 is 0 Å². The highest BCUT2D eigenvalue weighted by molar-refractivity contribution is 4.64. The molecule has 1 N–H and O–H groups in total. The zero-order chi connectivity index (χ0) is 10.1. The molecule has 0 saturated heterocycles. The fourth-order valence-corrected chi connectivity index (χ4v) is 2.56. The quantitative estimate of drug-likeness (QED) is 0.589. The summed E-state index contributed by atoms with van der Waals surface area (Å²) in [7, 11) is 0. The van der Waals surface area contributed by atoms with E-state index in [1.807, 2.05) is 0 Å². The lowest BCUT2D eigenvalue weighted by Crippen LogP contribution is -2.03. The molecule has 83 valence electrons. The van der Waals surface area contributed by atoms with E-state index in [4.69, 9.17) is 5.73 Å². The maximum Gasteiger partial charge on any atom is 0.00997 e. The zero-order valence-electron chi connectivity index (χ0n) is 9.56. The predicted molar refractivity (Wildman–Crippen MR) is 62.2 cm³/mol. The summed E-state index contributed by atoms with van der Waals surface area (Å²) in [5.41, 5.74) is 7.09. The van der Waals surface area contributed by atoms with E-state index >= 15 is 0 Å². The van der Waals surface area contributed by atoms with Gasteiger partial charge in [0.15, 0.2) is 0 Å². The Balaban J connectivity index is 2.02. The first-order valence-corrected chi connectivity index (χ1v) is 6.58. The van der Waals surface area contributed by atoms with Gasteiger partial charge in [-0.15, -0.1) is 0 Å². The van der Waals surface area contributed by atoms with Crippen molar-refractivity contribution in [3.63, 3.8) is 0 Å². The fraction of sp³-hybridized carbons (Fsp3) is 1.00. The van der Waals surface area contributed by atoms with Crippen LogP contribution in [0.1, 0.15) is 70.6 Å². The Morgan fingerprint density at radius 3 is 2.07 bits per heavy atom. The molecule has 1 aliphatic carbocycles. The molecule has 1 radical (unpaired) electrons. The first-order valence-electron chi connectivity index (χ1n) is 6.58. The average Bonchev–Trinajstić information content (AvgIpc) is 2.15. The normalized spacial score (nSPS) is 20.4. The van der Waals surface area contributed by atoms with Crippen LogP contribution in [0.15, 0.2) is 0 Å². The van der Waals surface area contributed by atoms with E-state index in [0.29, 0.717) is 6.54 Å². The van der Waals surface area contributed by atoms with Gasteiger partial charge in [0.05, 0.1) is 0 Å². The lowest BCUT2D eigenvalue weighted by molar-refractivity contribution is 0.348. The molecular formula is C13H26N. The molecule has 14 heavy (non-hydrogen) atoms. The Kier molecular flexibility index (Phi) is 7.12. The van der Waals surface area contributed by atoms with Crippen molar-refractivity contribution in [2.75, 3.05) is 6.54 Å². The van der Waals surface area contributed by atoms with Crippen molar-refractivity contribution in [1.29, 1.82) is 0 Å². The highest BCUT2D eigenvalue weighted by Gasteiger charge is 2.10. The van der Waals surface area contributed by atoms with Gasteiger partial charge in [0.1, 0.15) is 0 Å². The molecule has 1 rings (SSSR count). The van der Waals surface area contributed by atoms with Crippen LogP contribution in [0.5, 0.6) is 0 Å². The topological polar surface area (TPSA) is 23.8 Å². The van der Waals surface area contributed by atoms with Crippen molar-refractivity contribution in [3.8, 4) is 0 Å². The number of rotatable bonds is 5. The monoisotopic (exact) mass is 196 g/mol. The fourth-order valence-electron chi connectivity index (χ4n) is 2.56. The second kappa shape index (κ2) is 8.28.